The standard InChI is InChI=1S/C67H121NO13/c1-3-5-7-9-11-13-14-15-16-17-18-19-20-21-22-23-24-25-26-27-28-29-30-31-32-33-34-35-36-37-38-39-40-41-42-43-45-47-49-51-59(72)68-55(56(71)50-48-46-44-12-10-8-6-4-2)54-78-66-64(77)62(75)65(58(53-70)80-66)81-67-63(76)61(74)60(73)57(52-69)79-67/h5,7,11,13,15-16,18-19,48,50,55-58,60-67,69-71,73-77H,3-4,6,8-10,12,14,17,20-47,49,51-54H2,1-2H3,(H,68,72)/b7-5-,13-11-,16-15-,19-18-,50-48+. The normalized spacial score (nSPS) is 24.5. The minimum absolute atomic E-state index is 0.240. The van der Waals surface area contributed by atoms with E-state index in [9.17, 15) is 45.6 Å². The number of nitrogens with one attached hydrogen (secondary N) is 1. The highest BCUT2D eigenvalue weighted by Gasteiger charge is 2.51. The van der Waals surface area contributed by atoms with Crippen molar-refractivity contribution in [2.45, 2.75) is 338 Å². The maximum atomic E-state index is 13.2. The van der Waals surface area contributed by atoms with E-state index in [1.165, 1.54) is 167 Å². The zero-order valence-electron chi connectivity index (χ0n) is 51.0. The van der Waals surface area contributed by atoms with Crippen LogP contribution >= 0.6 is 0 Å². The Bertz CT molecular complexity index is 1590. The molecule has 9 N–H and O–H groups in total. The van der Waals surface area contributed by atoms with E-state index in [4.69, 9.17) is 18.9 Å². The molecule has 2 aliphatic heterocycles. The molecule has 0 aromatic heterocycles. The molecule has 12 unspecified atom stereocenters. The summed E-state index contributed by atoms with van der Waals surface area (Å²) < 4.78 is 22.7. The average Bonchev–Trinajstić information content (AvgIpc) is 3.51. The Morgan fingerprint density at radius 3 is 1.31 bits per heavy atom. The zero-order valence-corrected chi connectivity index (χ0v) is 51.0. The number of allylic oxidation sites excluding steroid dienone is 9. The highest BCUT2D eigenvalue weighted by molar-refractivity contribution is 5.76. The molecule has 0 radical (unpaired) electrons. The van der Waals surface area contributed by atoms with E-state index in [-0.39, 0.29) is 18.9 Å². The van der Waals surface area contributed by atoms with Gasteiger partial charge in [-0.25, -0.2) is 0 Å². The number of aliphatic hydroxyl groups is 8. The monoisotopic (exact) mass is 1150 g/mol. The minimum Gasteiger partial charge on any atom is -0.394 e. The fourth-order valence-electron chi connectivity index (χ4n) is 10.7. The Hall–Kier alpha value is -2.31. The summed E-state index contributed by atoms with van der Waals surface area (Å²) >= 11 is 0. The Labute approximate surface area is 492 Å². The van der Waals surface area contributed by atoms with Crippen molar-refractivity contribution < 1.29 is 64.6 Å². The van der Waals surface area contributed by atoms with Gasteiger partial charge >= 0.3 is 0 Å². The second-order valence-corrected chi connectivity index (χ2v) is 23.2. The number of aliphatic hydroxyl groups excluding tert-OH is 8. The molecule has 81 heavy (non-hydrogen) atoms. The molecule has 472 valence electrons. The van der Waals surface area contributed by atoms with Crippen LogP contribution in [0.25, 0.3) is 0 Å². The molecule has 0 saturated carbocycles. The van der Waals surface area contributed by atoms with Crippen molar-refractivity contribution in [3.05, 3.63) is 60.8 Å². The molecule has 2 fully saturated rings. The predicted octanol–water partition coefficient (Wildman–Crippen LogP) is 12.5. The third-order valence-corrected chi connectivity index (χ3v) is 16.0. The van der Waals surface area contributed by atoms with Crippen LogP contribution in [0.4, 0.5) is 0 Å². The number of rotatable bonds is 53. The van der Waals surface area contributed by atoms with Crippen molar-refractivity contribution in [1.29, 1.82) is 0 Å². The molecule has 14 heteroatoms. The minimum atomic E-state index is -1.79. The highest BCUT2D eigenvalue weighted by atomic mass is 16.7. The zero-order chi connectivity index (χ0) is 58.8. The molecule has 0 bridgehead atoms. The molecule has 0 aromatic rings. The topological polar surface area (TPSA) is 228 Å². The first-order valence-electron chi connectivity index (χ1n) is 33.0. The lowest BCUT2D eigenvalue weighted by Gasteiger charge is -2.46. The van der Waals surface area contributed by atoms with E-state index in [0.717, 1.165) is 70.6 Å². The van der Waals surface area contributed by atoms with Gasteiger partial charge < -0.3 is 65.1 Å². The summed E-state index contributed by atoms with van der Waals surface area (Å²) in [6.45, 7) is 2.64. The highest BCUT2D eigenvalue weighted by Crippen LogP contribution is 2.30. The number of amides is 1. The van der Waals surface area contributed by atoms with Crippen molar-refractivity contribution in [2.24, 2.45) is 0 Å². The molecule has 0 aliphatic carbocycles. The van der Waals surface area contributed by atoms with E-state index in [2.05, 4.69) is 67.8 Å². The summed E-state index contributed by atoms with van der Waals surface area (Å²) in [4.78, 5) is 13.2. The maximum absolute atomic E-state index is 13.2. The van der Waals surface area contributed by atoms with Crippen molar-refractivity contribution in [2.75, 3.05) is 19.8 Å². The largest absolute Gasteiger partial charge is 0.394 e. The van der Waals surface area contributed by atoms with Gasteiger partial charge in [-0.2, -0.15) is 0 Å². The van der Waals surface area contributed by atoms with Crippen molar-refractivity contribution in [3.63, 3.8) is 0 Å². The van der Waals surface area contributed by atoms with Gasteiger partial charge in [-0.15, -0.1) is 0 Å². The number of unbranched alkanes of at least 4 members (excludes halogenated alkanes) is 32. The van der Waals surface area contributed by atoms with E-state index >= 15 is 0 Å². The summed E-state index contributed by atoms with van der Waals surface area (Å²) in [5, 5.41) is 86.8. The Balaban J connectivity index is 1.50. The number of hydrogen-bond donors (Lipinski definition) is 9. The fraction of sp³-hybridized carbons (Fsp3) is 0.836. The summed E-state index contributed by atoms with van der Waals surface area (Å²) in [5.74, 6) is -0.240. The summed E-state index contributed by atoms with van der Waals surface area (Å²) in [5.41, 5.74) is 0. The number of hydrogen-bond acceptors (Lipinski definition) is 13. The van der Waals surface area contributed by atoms with Crippen molar-refractivity contribution in [1.82, 2.24) is 5.32 Å². The van der Waals surface area contributed by atoms with Gasteiger partial charge in [0.05, 0.1) is 32.0 Å². The second kappa shape index (κ2) is 52.1. The molecular weight excluding hydrogens is 1030 g/mol. The third-order valence-electron chi connectivity index (χ3n) is 16.0. The van der Waals surface area contributed by atoms with Crippen LogP contribution in [-0.4, -0.2) is 140 Å². The van der Waals surface area contributed by atoms with Gasteiger partial charge in [0, 0.05) is 6.42 Å². The predicted molar refractivity (Wildman–Crippen MR) is 327 cm³/mol. The van der Waals surface area contributed by atoms with Crippen molar-refractivity contribution >= 4 is 5.91 Å². The van der Waals surface area contributed by atoms with Crippen LogP contribution in [0.2, 0.25) is 0 Å². The number of ether oxygens (including phenoxy) is 4. The molecule has 1 amide bonds. The fourth-order valence-corrected chi connectivity index (χ4v) is 10.7. The van der Waals surface area contributed by atoms with Gasteiger partial charge in [-0.05, 0) is 57.8 Å². The first-order chi connectivity index (χ1) is 39.6. The molecule has 2 saturated heterocycles. The Morgan fingerprint density at radius 2 is 0.852 bits per heavy atom. The van der Waals surface area contributed by atoms with Gasteiger partial charge in [0.25, 0.3) is 0 Å². The van der Waals surface area contributed by atoms with E-state index < -0.39 is 86.8 Å². The maximum Gasteiger partial charge on any atom is 0.220 e. The van der Waals surface area contributed by atoms with Crippen LogP contribution in [0.15, 0.2) is 60.8 Å². The van der Waals surface area contributed by atoms with E-state index in [1.807, 2.05) is 6.08 Å². The number of carbonyl (C=O) groups is 1. The van der Waals surface area contributed by atoms with Crippen LogP contribution in [0.3, 0.4) is 0 Å². The second-order valence-electron chi connectivity index (χ2n) is 23.2. The lowest BCUT2D eigenvalue weighted by Crippen LogP contribution is -2.65. The van der Waals surface area contributed by atoms with Gasteiger partial charge in [0.1, 0.15) is 48.8 Å². The lowest BCUT2D eigenvalue weighted by molar-refractivity contribution is -0.359. The van der Waals surface area contributed by atoms with Gasteiger partial charge in [0.15, 0.2) is 12.6 Å². The van der Waals surface area contributed by atoms with E-state index in [0.29, 0.717) is 6.42 Å². The lowest BCUT2D eigenvalue weighted by atomic mass is 9.97. The van der Waals surface area contributed by atoms with Crippen LogP contribution in [0, 0.1) is 0 Å². The number of carbonyl (C=O) groups excluding carboxylic acids is 1. The van der Waals surface area contributed by atoms with E-state index in [1.54, 1.807) is 6.08 Å². The van der Waals surface area contributed by atoms with Gasteiger partial charge in [0.2, 0.25) is 5.91 Å². The molecule has 12 atom stereocenters. The molecule has 2 aliphatic rings. The average molecular weight is 1150 g/mol. The Morgan fingerprint density at radius 1 is 0.457 bits per heavy atom. The van der Waals surface area contributed by atoms with Crippen LogP contribution < -0.4 is 5.32 Å². The molecule has 2 rings (SSSR count). The first-order valence-corrected chi connectivity index (χ1v) is 33.0. The quantitative estimate of drug-likeness (QED) is 0.0204. The van der Waals surface area contributed by atoms with Crippen LogP contribution in [0.5, 0.6) is 0 Å². The summed E-state index contributed by atoms with van der Waals surface area (Å²) in [7, 11) is 0. The van der Waals surface area contributed by atoms with Crippen LogP contribution in [-0.2, 0) is 23.7 Å². The SMILES string of the molecule is CC/C=C\C/C=C\C/C=C\C/C=C\CCCCCCCCCCCCCCCCCCCCCCCCCCCCC(=O)NC(COC1OC(CO)C(OC2OC(CO)C(O)C(O)C2O)C(O)C1O)C(O)/C=C/CCCCCCCC. The van der Waals surface area contributed by atoms with Crippen molar-refractivity contribution in [3.8, 4) is 0 Å². The Kier molecular flexibility index (Phi) is 48.1. The van der Waals surface area contributed by atoms with Gasteiger partial charge in [-0.3, -0.25) is 4.79 Å². The first kappa shape index (κ1) is 74.8. The molecule has 2 heterocycles. The van der Waals surface area contributed by atoms with Gasteiger partial charge in [-0.1, -0.05) is 261 Å². The smallest absolute Gasteiger partial charge is 0.220 e. The molecule has 0 aromatic carbocycles. The summed E-state index contributed by atoms with van der Waals surface area (Å²) in [6, 6.07) is -0.911. The van der Waals surface area contributed by atoms with Crippen LogP contribution in [0.1, 0.15) is 264 Å². The third kappa shape index (κ3) is 37.0. The molecule has 0 spiro atoms. The summed E-state index contributed by atoms with van der Waals surface area (Å²) in [6.07, 6.45) is 52.0. The molecular formula is C67H121NO13. The molecule has 14 nitrogen and oxygen atoms in total.